The van der Waals surface area contributed by atoms with Gasteiger partial charge in [-0.25, -0.2) is 0 Å². The molecule has 0 aliphatic rings. The molecule has 62 valence electrons. The molecule has 0 fully saturated rings. The number of benzene rings is 1. The van der Waals surface area contributed by atoms with Gasteiger partial charge >= 0.3 is 29.6 Å². The first-order chi connectivity index (χ1) is 5.08. The van der Waals surface area contributed by atoms with Gasteiger partial charge in [0.25, 0.3) is 10.1 Å². The average molecular weight is 196 g/mol. The van der Waals surface area contributed by atoms with Crippen molar-refractivity contribution in [3.05, 3.63) is 35.9 Å². The van der Waals surface area contributed by atoms with Crippen molar-refractivity contribution in [3.63, 3.8) is 0 Å². The minimum absolute atomic E-state index is 0. The Hall–Kier alpha value is 0.130. The predicted molar refractivity (Wildman–Crippen MR) is 48.8 cm³/mol. The van der Waals surface area contributed by atoms with Gasteiger partial charge in [0.15, 0.2) is 0 Å². The molecule has 1 aromatic rings. The van der Waals surface area contributed by atoms with Gasteiger partial charge in [0.05, 0.1) is 0 Å². The van der Waals surface area contributed by atoms with E-state index in [9.17, 15) is 8.42 Å². The fraction of sp³-hybridized carbons (Fsp3) is 0.143. The Labute approximate surface area is 93.8 Å². The summed E-state index contributed by atoms with van der Waals surface area (Å²) in [6.45, 7) is 0. The summed E-state index contributed by atoms with van der Waals surface area (Å²) in [6, 6.07) is 8.52. The Morgan fingerprint density at radius 1 is 1.17 bits per heavy atom. The Morgan fingerprint density at radius 2 is 1.67 bits per heavy atom. The van der Waals surface area contributed by atoms with Gasteiger partial charge in [-0.2, -0.15) is 8.42 Å². The van der Waals surface area contributed by atoms with Crippen molar-refractivity contribution < 1.29 is 13.0 Å². The van der Waals surface area contributed by atoms with Gasteiger partial charge in [-0.3, -0.25) is 4.55 Å². The second-order valence-electron chi connectivity index (χ2n) is 2.21. The molecule has 0 heterocycles. The average Bonchev–Trinajstić information content (AvgIpc) is 1.85. The van der Waals surface area contributed by atoms with Gasteiger partial charge in [-0.05, 0) is 5.56 Å². The zero-order valence-electron chi connectivity index (χ0n) is 5.77. The third kappa shape index (κ3) is 4.90. The van der Waals surface area contributed by atoms with Crippen molar-refractivity contribution in [3.8, 4) is 0 Å². The first-order valence-electron chi connectivity index (χ1n) is 3.07. The van der Waals surface area contributed by atoms with E-state index in [-0.39, 0.29) is 35.3 Å². The summed E-state index contributed by atoms with van der Waals surface area (Å²) in [6.07, 6.45) is 0. The molecule has 3 nitrogen and oxygen atoms in total. The normalized spacial score (nSPS) is 10.4. The Bertz CT molecular complexity index is 320. The first-order valence-corrected chi connectivity index (χ1v) is 4.68. The number of hydrogen-bond acceptors (Lipinski definition) is 2. The summed E-state index contributed by atoms with van der Waals surface area (Å²) in [5.74, 6) is -0.312. The molecule has 5 heteroatoms. The van der Waals surface area contributed by atoms with Crippen molar-refractivity contribution in [2.45, 2.75) is 5.75 Å². The van der Waals surface area contributed by atoms with Gasteiger partial charge in [-0.15, -0.1) is 0 Å². The summed E-state index contributed by atoms with van der Waals surface area (Å²) in [5, 5.41) is 0. The fourth-order valence-electron chi connectivity index (χ4n) is 0.785. The SMILES string of the molecule is O=S(=O)(O)Cc1ccccc1.[NaH]. The summed E-state index contributed by atoms with van der Waals surface area (Å²) in [5.41, 5.74) is 0.593. The summed E-state index contributed by atoms with van der Waals surface area (Å²) in [4.78, 5) is 0. The van der Waals surface area contributed by atoms with E-state index in [2.05, 4.69) is 0 Å². The standard InChI is InChI=1S/C7H8O3S.Na.H/c8-11(9,10)6-7-4-2-1-3-5-7;;/h1-5H,6H2,(H,8,9,10);;. The molecule has 0 spiro atoms. The van der Waals surface area contributed by atoms with E-state index in [0.29, 0.717) is 5.56 Å². The van der Waals surface area contributed by atoms with E-state index in [1.807, 2.05) is 0 Å². The van der Waals surface area contributed by atoms with Crippen molar-refractivity contribution in [2.75, 3.05) is 0 Å². The van der Waals surface area contributed by atoms with E-state index >= 15 is 0 Å². The molecule has 0 bridgehead atoms. The quantitative estimate of drug-likeness (QED) is 0.551. The van der Waals surface area contributed by atoms with Crippen LogP contribution in [0.3, 0.4) is 0 Å². The van der Waals surface area contributed by atoms with Crippen LogP contribution in [0.15, 0.2) is 30.3 Å². The van der Waals surface area contributed by atoms with Crippen LogP contribution < -0.4 is 0 Å². The second kappa shape index (κ2) is 4.99. The molecule has 0 saturated carbocycles. The van der Waals surface area contributed by atoms with Crippen LogP contribution in [0, 0.1) is 0 Å². The van der Waals surface area contributed by atoms with E-state index < -0.39 is 10.1 Å². The zero-order valence-corrected chi connectivity index (χ0v) is 6.58. The van der Waals surface area contributed by atoms with Crippen LogP contribution in [0.4, 0.5) is 0 Å². The van der Waals surface area contributed by atoms with Crippen molar-refractivity contribution in [2.24, 2.45) is 0 Å². The van der Waals surface area contributed by atoms with Crippen LogP contribution >= 0.6 is 0 Å². The van der Waals surface area contributed by atoms with Crippen molar-refractivity contribution in [1.29, 1.82) is 0 Å². The molecule has 0 aromatic heterocycles. The Kier molecular flexibility index (Phi) is 5.04. The summed E-state index contributed by atoms with van der Waals surface area (Å²) < 4.78 is 29.2. The third-order valence-electron chi connectivity index (χ3n) is 1.19. The molecule has 0 saturated heterocycles. The van der Waals surface area contributed by atoms with E-state index in [4.69, 9.17) is 4.55 Å². The Morgan fingerprint density at radius 3 is 2.08 bits per heavy atom. The predicted octanol–water partition coefficient (Wildman–Crippen LogP) is 0.426. The van der Waals surface area contributed by atoms with Gasteiger partial charge in [0.1, 0.15) is 5.75 Å². The van der Waals surface area contributed by atoms with E-state index in [1.165, 1.54) is 0 Å². The molecule has 0 amide bonds. The fourth-order valence-corrected chi connectivity index (χ4v) is 1.40. The van der Waals surface area contributed by atoms with Crippen molar-refractivity contribution in [1.82, 2.24) is 0 Å². The van der Waals surface area contributed by atoms with Crippen LogP contribution in [0.25, 0.3) is 0 Å². The molecule has 0 aliphatic heterocycles. The summed E-state index contributed by atoms with van der Waals surface area (Å²) in [7, 11) is -3.88. The first kappa shape index (κ1) is 12.1. The molecule has 1 rings (SSSR count). The van der Waals surface area contributed by atoms with Crippen LogP contribution in [0.5, 0.6) is 0 Å². The number of rotatable bonds is 2. The topological polar surface area (TPSA) is 54.4 Å². The maximum absolute atomic E-state index is 10.4. The number of hydrogen-bond donors (Lipinski definition) is 1. The van der Waals surface area contributed by atoms with Crippen LogP contribution in [-0.4, -0.2) is 42.5 Å². The monoisotopic (exact) mass is 196 g/mol. The molecule has 1 aromatic carbocycles. The molecule has 12 heavy (non-hydrogen) atoms. The van der Waals surface area contributed by atoms with Gasteiger partial charge in [0.2, 0.25) is 0 Å². The van der Waals surface area contributed by atoms with Crippen LogP contribution in [0.2, 0.25) is 0 Å². The summed E-state index contributed by atoms with van der Waals surface area (Å²) >= 11 is 0. The van der Waals surface area contributed by atoms with Gasteiger partial charge in [0, 0.05) is 0 Å². The van der Waals surface area contributed by atoms with Crippen LogP contribution in [-0.2, 0) is 15.9 Å². The molecular weight excluding hydrogens is 187 g/mol. The molecule has 1 N–H and O–H groups in total. The minimum atomic E-state index is -3.88. The van der Waals surface area contributed by atoms with E-state index in [1.54, 1.807) is 30.3 Å². The van der Waals surface area contributed by atoms with E-state index in [0.717, 1.165) is 0 Å². The van der Waals surface area contributed by atoms with Crippen molar-refractivity contribution >= 4 is 39.7 Å². The van der Waals surface area contributed by atoms with Gasteiger partial charge in [-0.1, -0.05) is 30.3 Å². The zero-order chi connectivity index (χ0) is 8.32. The Balaban J connectivity index is 0.00000121. The molecule has 0 unspecified atom stereocenters. The molecular formula is C7H9NaO3S. The third-order valence-corrected chi connectivity index (χ3v) is 1.89. The maximum atomic E-state index is 10.4. The molecule has 0 radical (unpaired) electrons. The second-order valence-corrected chi connectivity index (χ2v) is 3.66. The molecule has 0 atom stereocenters. The van der Waals surface area contributed by atoms with Crippen LogP contribution in [0.1, 0.15) is 5.56 Å². The van der Waals surface area contributed by atoms with Gasteiger partial charge < -0.3 is 0 Å². The molecule has 0 aliphatic carbocycles.